The van der Waals surface area contributed by atoms with Gasteiger partial charge in [0.25, 0.3) is 0 Å². The van der Waals surface area contributed by atoms with Gasteiger partial charge >= 0.3 is 0 Å². The molecule has 0 aliphatic rings. The Kier molecular flexibility index (Phi) is 16.2. The number of amides is 4. The lowest BCUT2D eigenvalue weighted by Crippen LogP contribution is -2.62. The van der Waals surface area contributed by atoms with Gasteiger partial charge in [-0.3, -0.25) is 19.2 Å². The summed E-state index contributed by atoms with van der Waals surface area (Å²) in [5, 5.41) is 6.25. The lowest BCUT2D eigenvalue weighted by atomic mass is 9.76. The Hall–Kier alpha value is -2.94. The topological polar surface area (TPSA) is 102 Å². The molecule has 0 saturated heterocycles. The normalized spacial score (nSPS) is 13.8. The first kappa shape index (κ1) is 40.1. The number of hydrogen-bond acceptors (Lipinski definition) is 5. The van der Waals surface area contributed by atoms with Crippen molar-refractivity contribution < 1.29 is 19.2 Å². The standard InChI is InChI=1S/C28H48N4O3.C6H13NO/c1-12-32(20(4)33)18-22(19(2)3)31(11)26(35)24(27(5,6)7)30-25(34)23(29-10)28(8,9)21-16-14-13-15-17-21;1-5(2)7(4)6(3)8/h13-17,19,22-24,29H,12,18H2,1-11H3,(H,30,34);5H,1-4H3/t22-,23-,24-;/m1./s1. The van der Waals surface area contributed by atoms with Crippen molar-refractivity contribution in [3.05, 3.63) is 35.9 Å². The Balaban J connectivity index is 0.00000192. The van der Waals surface area contributed by atoms with Crippen LogP contribution in [0.1, 0.15) is 88.6 Å². The summed E-state index contributed by atoms with van der Waals surface area (Å²) in [5.74, 6) is -0.130. The highest BCUT2D eigenvalue weighted by Gasteiger charge is 2.42. The highest BCUT2D eigenvalue weighted by molar-refractivity contribution is 5.91. The lowest BCUT2D eigenvalue weighted by molar-refractivity contribution is -0.143. The largest absolute Gasteiger partial charge is 0.344 e. The summed E-state index contributed by atoms with van der Waals surface area (Å²) in [6.07, 6.45) is 0. The van der Waals surface area contributed by atoms with Crippen LogP contribution in [0.5, 0.6) is 0 Å². The van der Waals surface area contributed by atoms with Crippen LogP contribution in [0.25, 0.3) is 0 Å². The SMILES string of the molecule is CC(=O)N(C)C(C)C.CCN(C[C@H](C(C)C)N(C)C(=O)[C@@H](NC(=O)[C@@H](NC)C(C)(C)c1ccccc1)C(C)(C)C)C(C)=O. The monoisotopic (exact) mass is 603 g/mol. The number of nitrogens with one attached hydrogen (secondary N) is 2. The van der Waals surface area contributed by atoms with Gasteiger partial charge in [0, 0.05) is 52.5 Å². The van der Waals surface area contributed by atoms with Crippen molar-refractivity contribution in [2.45, 2.75) is 113 Å². The summed E-state index contributed by atoms with van der Waals surface area (Å²) < 4.78 is 0. The van der Waals surface area contributed by atoms with Crippen LogP contribution in [0.2, 0.25) is 0 Å². The zero-order valence-corrected chi connectivity index (χ0v) is 29.7. The summed E-state index contributed by atoms with van der Waals surface area (Å²) in [6, 6.07) is 8.80. The molecule has 43 heavy (non-hydrogen) atoms. The van der Waals surface area contributed by atoms with Crippen molar-refractivity contribution in [2.24, 2.45) is 11.3 Å². The van der Waals surface area contributed by atoms with E-state index in [1.807, 2.05) is 99.6 Å². The van der Waals surface area contributed by atoms with Crippen LogP contribution in [0.15, 0.2) is 30.3 Å². The molecule has 0 spiro atoms. The molecule has 9 heteroatoms. The smallest absolute Gasteiger partial charge is 0.245 e. The van der Waals surface area contributed by atoms with Crippen LogP contribution in [0, 0.1) is 11.3 Å². The van der Waals surface area contributed by atoms with Gasteiger partial charge in [0.2, 0.25) is 23.6 Å². The molecule has 0 unspecified atom stereocenters. The first-order chi connectivity index (χ1) is 19.6. The second-order valence-electron chi connectivity index (χ2n) is 13.7. The molecule has 2 N–H and O–H groups in total. The average Bonchev–Trinajstić information content (AvgIpc) is 2.91. The van der Waals surface area contributed by atoms with Crippen molar-refractivity contribution in [1.29, 1.82) is 0 Å². The number of carbonyl (C=O) groups is 4. The predicted molar refractivity (Wildman–Crippen MR) is 177 cm³/mol. The Morgan fingerprint density at radius 3 is 1.65 bits per heavy atom. The van der Waals surface area contributed by atoms with Gasteiger partial charge in [-0.05, 0) is 44.7 Å². The van der Waals surface area contributed by atoms with Gasteiger partial charge in [-0.25, -0.2) is 0 Å². The van der Waals surface area contributed by atoms with E-state index in [0.29, 0.717) is 19.1 Å². The minimum absolute atomic E-state index is 0.0142. The minimum Gasteiger partial charge on any atom is -0.344 e. The van der Waals surface area contributed by atoms with E-state index in [1.165, 1.54) is 0 Å². The molecule has 3 atom stereocenters. The fourth-order valence-corrected chi connectivity index (χ4v) is 4.95. The Labute approximate surface area is 262 Å². The molecule has 4 amide bonds. The molecular formula is C34H61N5O4. The van der Waals surface area contributed by atoms with E-state index < -0.39 is 22.9 Å². The van der Waals surface area contributed by atoms with E-state index in [9.17, 15) is 19.2 Å². The Morgan fingerprint density at radius 2 is 1.33 bits per heavy atom. The third-order valence-corrected chi connectivity index (χ3v) is 8.31. The highest BCUT2D eigenvalue weighted by atomic mass is 16.2. The minimum atomic E-state index is -0.726. The molecule has 0 heterocycles. The van der Waals surface area contributed by atoms with E-state index in [2.05, 4.69) is 10.6 Å². The molecule has 0 aliphatic carbocycles. The number of nitrogens with zero attached hydrogens (tertiary/aromatic N) is 3. The van der Waals surface area contributed by atoms with Crippen molar-refractivity contribution in [3.63, 3.8) is 0 Å². The summed E-state index contributed by atoms with van der Waals surface area (Å²) in [6.45, 7) is 24.1. The van der Waals surface area contributed by atoms with Crippen LogP contribution >= 0.6 is 0 Å². The summed E-state index contributed by atoms with van der Waals surface area (Å²) >= 11 is 0. The molecule has 246 valence electrons. The summed E-state index contributed by atoms with van der Waals surface area (Å²) in [4.78, 5) is 55.1. The summed E-state index contributed by atoms with van der Waals surface area (Å²) in [7, 11) is 5.34. The molecule has 0 aliphatic heterocycles. The van der Waals surface area contributed by atoms with Gasteiger partial charge in [-0.15, -0.1) is 0 Å². The molecule has 0 saturated carbocycles. The van der Waals surface area contributed by atoms with Gasteiger partial charge in [0.15, 0.2) is 0 Å². The Bertz CT molecular complexity index is 1030. The van der Waals surface area contributed by atoms with Crippen LogP contribution < -0.4 is 10.6 Å². The molecule has 0 aromatic heterocycles. The van der Waals surface area contributed by atoms with Crippen LogP contribution in [0.3, 0.4) is 0 Å². The van der Waals surface area contributed by atoms with Crippen LogP contribution in [0.4, 0.5) is 0 Å². The first-order valence-corrected chi connectivity index (χ1v) is 15.4. The maximum Gasteiger partial charge on any atom is 0.245 e. The van der Waals surface area contributed by atoms with E-state index in [4.69, 9.17) is 0 Å². The van der Waals surface area contributed by atoms with Crippen LogP contribution in [-0.2, 0) is 24.6 Å². The van der Waals surface area contributed by atoms with Gasteiger partial charge < -0.3 is 25.3 Å². The van der Waals surface area contributed by atoms with E-state index in [1.54, 1.807) is 49.7 Å². The van der Waals surface area contributed by atoms with Crippen molar-refractivity contribution >= 4 is 23.6 Å². The molecule has 9 nitrogen and oxygen atoms in total. The molecule has 1 rings (SSSR count). The maximum atomic E-state index is 13.8. The first-order valence-electron chi connectivity index (χ1n) is 15.4. The zero-order valence-electron chi connectivity index (χ0n) is 29.7. The number of hydrogen-bond donors (Lipinski definition) is 2. The molecule has 1 aromatic rings. The number of benzene rings is 1. The Morgan fingerprint density at radius 1 is 0.814 bits per heavy atom. The van der Waals surface area contributed by atoms with Crippen molar-refractivity contribution in [3.8, 4) is 0 Å². The second kappa shape index (κ2) is 17.4. The average molecular weight is 604 g/mol. The van der Waals surface area contributed by atoms with Crippen molar-refractivity contribution in [1.82, 2.24) is 25.3 Å². The predicted octanol–water partition coefficient (Wildman–Crippen LogP) is 4.31. The third-order valence-electron chi connectivity index (χ3n) is 8.31. The van der Waals surface area contributed by atoms with Gasteiger partial charge in [0.1, 0.15) is 6.04 Å². The van der Waals surface area contributed by atoms with E-state index in [-0.39, 0.29) is 35.6 Å². The third kappa shape index (κ3) is 11.9. The number of likely N-dealkylation sites (N-methyl/N-ethyl adjacent to an activating group) is 3. The second-order valence-corrected chi connectivity index (χ2v) is 13.7. The van der Waals surface area contributed by atoms with Gasteiger partial charge in [-0.1, -0.05) is 78.8 Å². The van der Waals surface area contributed by atoms with E-state index >= 15 is 0 Å². The maximum absolute atomic E-state index is 13.8. The summed E-state index contributed by atoms with van der Waals surface area (Å²) in [5.41, 5.74) is 0.0260. The highest BCUT2D eigenvalue weighted by Crippen LogP contribution is 2.29. The quantitative estimate of drug-likeness (QED) is 0.371. The van der Waals surface area contributed by atoms with Crippen molar-refractivity contribution in [2.75, 3.05) is 34.2 Å². The number of carbonyl (C=O) groups excluding carboxylic acids is 4. The molecule has 0 fully saturated rings. The molecular weight excluding hydrogens is 542 g/mol. The fraction of sp³-hybridized carbons (Fsp3) is 0.706. The zero-order chi connectivity index (χ0) is 33.9. The van der Waals surface area contributed by atoms with E-state index in [0.717, 1.165) is 5.56 Å². The van der Waals surface area contributed by atoms with Gasteiger partial charge in [0.05, 0.1) is 12.1 Å². The molecule has 1 aromatic carbocycles. The van der Waals surface area contributed by atoms with Gasteiger partial charge in [-0.2, -0.15) is 0 Å². The van der Waals surface area contributed by atoms with Crippen LogP contribution in [-0.4, -0.2) is 96.7 Å². The fourth-order valence-electron chi connectivity index (χ4n) is 4.95. The number of rotatable bonds is 12. The lowest BCUT2D eigenvalue weighted by Gasteiger charge is -2.41. The molecule has 0 bridgehead atoms. The molecule has 0 radical (unpaired) electrons.